The Morgan fingerprint density at radius 1 is 1.25 bits per heavy atom. The number of Topliss-reactive ketones (excluding diaryl/α,β-unsaturated/α-hetero) is 1. The first-order valence-corrected chi connectivity index (χ1v) is 9.25. The molecule has 2 amide bonds. The number of rotatable bonds is 7. The van der Waals surface area contributed by atoms with Crippen LogP contribution in [0.4, 0.5) is 0 Å². The summed E-state index contributed by atoms with van der Waals surface area (Å²) in [7, 11) is 0. The van der Waals surface area contributed by atoms with Gasteiger partial charge in [0, 0.05) is 37.0 Å². The van der Waals surface area contributed by atoms with Crippen LogP contribution in [0.5, 0.6) is 5.75 Å². The SMILES string of the molecule is CC(=O)c1ccc(OCC(=O)N2CCCC(c3nccn3CC(N)=O)C2)cc1. The van der Waals surface area contributed by atoms with Crippen molar-refractivity contribution >= 4 is 17.6 Å². The molecular formula is C20H24N4O4. The minimum atomic E-state index is -0.424. The maximum Gasteiger partial charge on any atom is 0.260 e. The summed E-state index contributed by atoms with van der Waals surface area (Å²) >= 11 is 0. The lowest BCUT2D eigenvalue weighted by molar-refractivity contribution is -0.134. The molecule has 0 bridgehead atoms. The number of likely N-dealkylation sites (tertiary alicyclic amines) is 1. The number of carbonyl (C=O) groups excluding carboxylic acids is 3. The third kappa shape index (κ3) is 4.76. The second-order valence-corrected chi connectivity index (χ2v) is 6.93. The third-order valence-electron chi connectivity index (χ3n) is 4.84. The van der Waals surface area contributed by atoms with Gasteiger partial charge in [-0.3, -0.25) is 14.4 Å². The maximum absolute atomic E-state index is 12.6. The van der Waals surface area contributed by atoms with Crippen LogP contribution in [0.2, 0.25) is 0 Å². The lowest BCUT2D eigenvalue weighted by Gasteiger charge is -2.32. The van der Waals surface area contributed by atoms with Gasteiger partial charge in [-0.25, -0.2) is 4.98 Å². The molecule has 8 heteroatoms. The Kier molecular flexibility index (Phi) is 6.08. The number of hydrogen-bond acceptors (Lipinski definition) is 5. The summed E-state index contributed by atoms with van der Waals surface area (Å²) in [6.45, 7) is 2.71. The predicted octanol–water partition coefficient (Wildman–Crippen LogP) is 1.36. The summed E-state index contributed by atoms with van der Waals surface area (Å²) in [6.07, 6.45) is 5.13. The third-order valence-corrected chi connectivity index (χ3v) is 4.84. The molecule has 0 saturated carbocycles. The lowest BCUT2D eigenvalue weighted by Crippen LogP contribution is -2.42. The van der Waals surface area contributed by atoms with E-state index in [0.717, 1.165) is 18.7 Å². The first kappa shape index (κ1) is 19.6. The van der Waals surface area contributed by atoms with Crippen molar-refractivity contribution in [3.8, 4) is 5.75 Å². The van der Waals surface area contributed by atoms with Crippen LogP contribution in [-0.4, -0.2) is 51.7 Å². The monoisotopic (exact) mass is 384 g/mol. The fourth-order valence-corrected chi connectivity index (χ4v) is 3.42. The predicted molar refractivity (Wildman–Crippen MR) is 102 cm³/mol. The van der Waals surface area contributed by atoms with E-state index >= 15 is 0 Å². The van der Waals surface area contributed by atoms with Crippen molar-refractivity contribution in [2.45, 2.75) is 32.2 Å². The highest BCUT2D eigenvalue weighted by Gasteiger charge is 2.27. The molecule has 2 heterocycles. The number of aromatic nitrogens is 2. The van der Waals surface area contributed by atoms with Crippen LogP contribution in [0, 0.1) is 0 Å². The van der Waals surface area contributed by atoms with E-state index in [0.29, 0.717) is 24.4 Å². The van der Waals surface area contributed by atoms with Crippen molar-refractivity contribution in [3.05, 3.63) is 48.0 Å². The smallest absolute Gasteiger partial charge is 0.260 e. The Bertz CT molecular complexity index is 859. The van der Waals surface area contributed by atoms with Gasteiger partial charge >= 0.3 is 0 Å². The van der Waals surface area contributed by atoms with E-state index in [1.807, 2.05) is 0 Å². The maximum atomic E-state index is 12.6. The highest BCUT2D eigenvalue weighted by Crippen LogP contribution is 2.26. The average molecular weight is 384 g/mol. The fraction of sp³-hybridized carbons (Fsp3) is 0.400. The van der Waals surface area contributed by atoms with Crippen LogP contribution >= 0.6 is 0 Å². The van der Waals surface area contributed by atoms with Gasteiger partial charge in [0.2, 0.25) is 5.91 Å². The van der Waals surface area contributed by atoms with Crippen LogP contribution in [0.15, 0.2) is 36.7 Å². The minimum Gasteiger partial charge on any atom is -0.484 e. The van der Waals surface area contributed by atoms with Crippen molar-refractivity contribution < 1.29 is 19.1 Å². The number of piperidine rings is 1. The van der Waals surface area contributed by atoms with Crippen molar-refractivity contribution in [1.29, 1.82) is 0 Å². The van der Waals surface area contributed by atoms with Gasteiger partial charge in [0.1, 0.15) is 18.1 Å². The second-order valence-electron chi connectivity index (χ2n) is 6.93. The van der Waals surface area contributed by atoms with Crippen LogP contribution < -0.4 is 10.5 Å². The first-order valence-electron chi connectivity index (χ1n) is 9.25. The summed E-state index contributed by atoms with van der Waals surface area (Å²) in [5, 5.41) is 0. The van der Waals surface area contributed by atoms with Crippen LogP contribution in [0.1, 0.15) is 41.9 Å². The van der Waals surface area contributed by atoms with Crippen molar-refractivity contribution in [1.82, 2.24) is 14.5 Å². The number of ketones is 1. The molecule has 1 aliphatic heterocycles. The zero-order valence-electron chi connectivity index (χ0n) is 15.8. The number of carbonyl (C=O) groups is 3. The zero-order valence-corrected chi connectivity index (χ0v) is 15.8. The molecule has 0 spiro atoms. The molecule has 148 valence electrons. The summed E-state index contributed by atoms with van der Waals surface area (Å²) < 4.78 is 7.32. The second kappa shape index (κ2) is 8.69. The normalized spacial score (nSPS) is 16.6. The molecule has 2 N–H and O–H groups in total. The topological polar surface area (TPSA) is 108 Å². The van der Waals surface area contributed by atoms with Crippen LogP contribution in [0.3, 0.4) is 0 Å². The molecular weight excluding hydrogens is 360 g/mol. The lowest BCUT2D eigenvalue weighted by atomic mass is 9.97. The summed E-state index contributed by atoms with van der Waals surface area (Å²) in [4.78, 5) is 41.2. The highest BCUT2D eigenvalue weighted by atomic mass is 16.5. The average Bonchev–Trinajstić information content (AvgIpc) is 3.14. The van der Waals surface area contributed by atoms with Gasteiger partial charge in [-0.15, -0.1) is 0 Å². The molecule has 2 aromatic rings. The molecule has 3 rings (SSSR count). The molecule has 8 nitrogen and oxygen atoms in total. The Hall–Kier alpha value is -3.16. The molecule has 1 aromatic carbocycles. The first-order chi connectivity index (χ1) is 13.4. The molecule has 1 saturated heterocycles. The van der Waals surface area contributed by atoms with Gasteiger partial charge in [-0.2, -0.15) is 0 Å². The van der Waals surface area contributed by atoms with E-state index in [-0.39, 0.29) is 30.8 Å². The number of benzene rings is 1. The molecule has 0 aliphatic carbocycles. The molecule has 1 aromatic heterocycles. The quantitative estimate of drug-likeness (QED) is 0.725. The molecule has 0 radical (unpaired) electrons. The number of imidazole rings is 1. The Labute approximate surface area is 163 Å². The standard InChI is InChI=1S/C20H24N4O4/c1-14(25)15-4-6-17(7-5-15)28-13-19(27)23-9-2-3-16(11-23)20-22-8-10-24(20)12-18(21)26/h4-8,10,16H,2-3,9,11-13H2,1H3,(H2,21,26). The molecule has 1 aliphatic rings. The van der Waals surface area contributed by atoms with E-state index in [9.17, 15) is 14.4 Å². The Morgan fingerprint density at radius 3 is 2.68 bits per heavy atom. The van der Waals surface area contributed by atoms with E-state index in [4.69, 9.17) is 10.5 Å². The summed E-state index contributed by atoms with van der Waals surface area (Å²) in [6, 6.07) is 6.72. The van der Waals surface area contributed by atoms with E-state index in [1.165, 1.54) is 6.92 Å². The zero-order chi connectivity index (χ0) is 20.1. The van der Waals surface area contributed by atoms with Crippen LogP contribution in [0.25, 0.3) is 0 Å². The number of nitrogens with two attached hydrogens (primary N) is 1. The summed E-state index contributed by atoms with van der Waals surface area (Å²) in [5.41, 5.74) is 5.89. The molecule has 1 atom stereocenters. The van der Waals surface area contributed by atoms with E-state index in [2.05, 4.69) is 4.98 Å². The summed E-state index contributed by atoms with van der Waals surface area (Å²) in [5.74, 6) is 0.833. The van der Waals surface area contributed by atoms with Gasteiger partial charge < -0.3 is 19.9 Å². The molecule has 1 fully saturated rings. The van der Waals surface area contributed by atoms with Crippen molar-refractivity contribution in [2.75, 3.05) is 19.7 Å². The number of hydrogen-bond donors (Lipinski definition) is 1. The number of nitrogens with zero attached hydrogens (tertiary/aromatic N) is 3. The number of ether oxygens (including phenoxy) is 1. The van der Waals surface area contributed by atoms with E-state index < -0.39 is 5.91 Å². The Morgan fingerprint density at radius 2 is 2.00 bits per heavy atom. The number of amides is 2. The largest absolute Gasteiger partial charge is 0.484 e. The van der Waals surface area contributed by atoms with E-state index in [1.54, 1.807) is 46.1 Å². The van der Waals surface area contributed by atoms with Crippen molar-refractivity contribution in [3.63, 3.8) is 0 Å². The Balaban J connectivity index is 1.58. The van der Waals surface area contributed by atoms with Gasteiger partial charge in [-0.1, -0.05) is 0 Å². The number of primary amides is 1. The van der Waals surface area contributed by atoms with Gasteiger partial charge in [-0.05, 0) is 44.0 Å². The van der Waals surface area contributed by atoms with Gasteiger partial charge in [0.05, 0.1) is 0 Å². The van der Waals surface area contributed by atoms with Crippen LogP contribution in [-0.2, 0) is 16.1 Å². The highest BCUT2D eigenvalue weighted by molar-refractivity contribution is 5.94. The van der Waals surface area contributed by atoms with Gasteiger partial charge in [0.15, 0.2) is 12.4 Å². The molecule has 28 heavy (non-hydrogen) atoms. The molecule has 1 unspecified atom stereocenters. The fourth-order valence-electron chi connectivity index (χ4n) is 3.42. The van der Waals surface area contributed by atoms with Crippen molar-refractivity contribution in [2.24, 2.45) is 5.73 Å². The van der Waals surface area contributed by atoms with Gasteiger partial charge in [0.25, 0.3) is 5.91 Å². The minimum absolute atomic E-state index is 0.0170.